The van der Waals surface area contributed by atoms with E-state index in [1.165, 1.54) is 11.1 Å². The Labute approximate surface area is 130 Å². The molecule has 2 aromatic rings. The maximum Gasteiger partial charge on any atom is 0.256 e. The summed E-state index contributed by atoms with van der Waals surface area (Å²) < 4.78 is 1.60. The summed E-state index contributed by atoms with van der Waals surface area (Å²) in [6.07, 6.45) is 8.31. The number of aryl methyl sites for hydroxylation is 1. The molecule has 0 spiro atoms. The fourth-order valence-electron chi connectivity index (χ4n) is 3.53. The quantitative estimate of drug-likeness (QED) is 0.925. The molecule has 1 aliphatic carbocycles. The van der Waals surface area contributed by atoms with Crippen LogP contribution in [-0.4, -0.2) is 14.7 Å². The van der Waals surface area contributed by atoms with E-state index >= 15 is 0 Å². The molecule has 4 nitrogen and oxygen atoms in total. The molecule has 0 aromatic carbocycles. The molecule has 116 valence electrons. The lowest BCUT2D eigenvalue weighted by atomic mass is 9.77. The molecule has 0 saturated carbocycles. The summed E-state index contributed by atoms with van der Waals surface area (Å²) >= 11 is 0. The maximum atomic E-state index is 12.4. The van der Waals surface area contributed by atoms with Crippen molar-refractivity contribution < 1.29 is 5.11 Å². The maximum absolute atomic E-state index is 12.4. The number of aromatic nitrogens is 2. The summed E-state index contributed by atoms with van der Waals surface area (Å²) in [7, 11) is 1.76. The van der Waals surface area contributed by atoms with Gasteiger partial charge in [0.2, 0.25) is 0 Å². The van der Waals surface area contributed by atoms with Crippen LogP contribution in [0.1, 0.15) is 48.4 Å². The molecule has 3 rings (SSSR count). The molecule has 0 radical (unpaired) electrons. The fraction of sp³-hybridized carbons (Fsp3) is 0.444. The largest absolute Gasteiger partial charge is 0.386 e. The first-order valence-electron chi connectivity index (χ1n) is 7.72. The highest BCUT2D eigenvalue weighted by molar-refractivity contribution is 5.39. The van der Waals surface area contributed by atoms with Crippen molar-refractivity contribution >= 4 is 0 Å². The molecule has 0 saturated heterocycles. The molecule has 2 aromatic heterocycles. The molecule has 0 amide bonds. The highest BCUT2D eigenvalue weighted by Gasteiger charge is 2.30. The Bertz CT molecular complexity index is 742. The minimum absolute atomic E-state index is 0.0892. The summed E-state index contributed by atoms with van der Waals surface area (Å²) in [5.41, 5.74) is 2.87. The van der Waals surface area contributed by atoms with Gasteiger partial charge in [0, 0.05) is 25.6 Å². The summed E-state index contributed by atoms with van der Waals surface area (Å²) in [6.45, 7) is 3.39. The zero-order valence-electron chi connectivity index (χ0n) is 13.3. The van der Waals surface area contributed by atoms with E-state index in [2.05, 4.69) is 17.1 Å². The van der Waals surface area contributed by atoms with Crippen LogP contribution in [0.3, 0.4) is 0 Å². The van der Waals surface area contributed by atoms with Gasteiger partial charge in [-0.15, -0.1) is 0 Å². The highest BCUT2D eigenvalue weighted by Crippen LogP contribution is 2.35. The van der Waals surface area contributed by atoms with E-state index in [-0.39, 0.29) is 5.56 Å². The molecule has 4 heteroatoms. The summed E-state index contributed by atoms with van der Waals surface area (Å²) in [4.78, 5) is 16.5. The van der Waals surface area contributed by atoms with Gasteiger partial charge in [0.25, 0.3) is 5.56 Å². The van der Waals surface area contributed by atoms with Gasteiger partial charge in [0.15, 0.2) is 0 Å². The van der Waals surface area contributed by atoms with Crippen molar-refractivity contribution in [1.29, 1.82) is 0 Å². The molecule has 2 heterocycles. The highest BCUT2D eigenvalue weighted by atomic mass is 16.3. The summed E-state index contributed by atoms with van der Waals surface area (Å²) in [6, 6.07) is 4.13. The molecule has 0 bridgehead atoms. The van der Waals surface area contributed by atoms with Gasteiger partial charge in [0.05, 0.1) is 11.2 Å². The van der Waals surface area contributed by atoms with Crippen molar-refractivity contribution in [2.24, 2.45) is 7.05 Å². The van der Waals surface area contributed by atoms with Crippen LogP contribution in [0.2, 0.25) is 0 Å². The molecule has 1 aliphatic rings. The first kappa shape index (κ1) is 15.0. The average Bonchev–Trinajstić information content (AvgIpc) is 2.47. The van der Waals surface area contributed by atoms with Crippen LogP contribution in [0.4, 0.5) is 0 Å². The number of hydrogen-bond donors (Lipinski definition) is 1. The van der Waals surface area contributed by atoms with E-state index in [0.29, 0.717) is 11.5 Å². The van der Waals surface area contributed by atoms with Crippen LogP contribution in [0.25, 0.3) is 0 Å². The van der Waals surface area contributed by atoms with E-state index in [1.807, 2.05) is 18.6 Å². The lowest BCUT2D eigenvalue weighted by Gasteiger charge is -2.30. The van der Waals surface area contributed by atoms with Crippen LogP contribution in [0.15, 0.2) is 35.5 Å². The minimum atomic E-state index is -1.11. The second-order valence-corrected chi connectivity index (χ2v) is 6.70. The number of rotatable bonds is 2. The van der Waals surface area contributed by atoms with Crippen molar-refractivity contribution in [3.8, 4) is 0 Å². The number of aliphatic hydroxyl groups is 1. The molecule has 1 atom stereocenters. The van der Waals surface area contributed by atoms with E-state index < -0.39 is 5.60 Å². The first-order chi connectivity index (χ1) is 10.4. The third kappa shape index (κ3) is 2.59. The molecular weight excluding hydrogens is 276 g/mol. The standard InChI is InChI=1S/C18H22N2O2/c1-18(2,22)16-15-5-4-13(12-6-8-19-9-7-12)10-14(15)11-20(3)17(16)21/h6-9,11,13,22H,4-5,10H2,1-3H3. The molecule has 1 N–H and O–H groups in total. The Morgan fingerprint density at radius 2 is 2.00 bits per heavy atom. The molecule has 0 aliphatic heterocycles. The summed E-state index contributed by atoms with van der Waals surface area (Å²) in [5.74, 6) is 0.447. The van der Waals surface area contributed by atoms with Crippen LogP contribution < -0.4 is 5.56 Å². The Kier molecular flexibility index (Phi) is 3.65. The van der Waals surface area contributed by atoms with E-state index in [4.69, 9.17) is 0 Å². The number of fused-ring (bicyclic) bond motifs is 1. The number of nitrogens with zero attached hydrogens (tertiary/aromatic N) is 2. The van der Waals surface area contributed by atoms with Crippen LogP contribution in [-0.2, 0) is 25.5 Å². The second-order valence-electron chi connectivity index (χ2n) is 6.70. The Morgan fingerprint density at radius 1 is 1.32 bits per heavy atom. The zero-order chi connectivity index (χ0) is 15.9. The average molecular weight is 298 g/mol. The van der Waals surface area contributed by atoms with Gasteiger partial charge >= 0.3 is 0 Å². The van der Waals surface area contributed by atoms with Crippen molar-refractivity contribution in [2.75, 3.05) is 0 Å². The predicted molar refractivity (Wildman–Crippen MR) is 85.9 cm³/mol. The fourth-order valence-corrected chi connectivity index (χ4v) is 3.53. The van der Waals surface area contributed by atoms with Crippen LogP contribution >= 0.6 is 0 Å². The first-order valence-corrected chi connectivity index (χ1v) is 7.72. The Hall–Kier alpha value is -1.94. The zero-order valence-corrected chi connectivity index (χ0v) is 13.3. The van der Waals surface area contributed by atoms with E-state index in [9.17, 15) is 9.90 Å². The number of pyridine rings is 2. The van der Waals surface area contributed by atoms with E-state index in [0.717, 1.165) is 24.8 Å². The Balaban J connectivity index is 2.06. The smallest absolute Gasteiger partial charge is 0.256 e. The van der Waals surface area contributed by atoms with Gasteiger partial charge in [-0.1, -0.05) is 0 Å². The van der Waals surface area contributed by atoms with Crippen molar-refractivity contribution in [2.45, 2.75) is 44.6 Å². The van der Waals surface area contributed by atoms with Gasteiger partial charge < -0.3 is 9.67 Å². The lowest BCUT2D eigenvalue weighted by molar-refractivity contribution is 0.0752. The number of hydrogen-bond acceptors (Lipinski definition) is 3. The lowest BCUT2D eigenvalue weighted by Crippen LogP contribution is -2.35. The third-order valence-electron chi connectivity index (χ3n) is 4.57. The second kappa shape index (κ2) is 5.36. The van der Waals surface area contributed by atoms with Crippen LogP contribution in [0.5, 0.6) is 0 Å². The molecular formula is C18H22N2O2. The SMILES string of the molecule is Cn1cc2c(c(C(C)(C)O)c1=O)CCC(c1ccncc1)C2. The predicted octanol–water partition coefficient (Wildman–Crippen LogP) is 2.28. The van der Waals surface area contributed by atoms with Gasteiger partial charge in [-0.3, -0.25) is 9.78 Å². The normalized spacial score (nSPS) is 18.1. The van der Waals surface area contributed by atoms with Gasteiger partial charge in [0.1, 0.15) is 0 Å². The minimum Gasteiger partial charge on any atom is -0.386 e. The van der Waals surface area contributed by atoms with Gasteiger partial charge in [-0.2, -0.15) is 0 Å². The topological polar surface area (TPSA) is 55.1 Å². The molecule has 1 unspecified atom stereocenters. The molecule has 22 heavy (non-hydrogen) atoms. The monoisotopic (exact) mass is 298 g/mol. The van der Waals surface area contributed by atoms with Gasteiger partial charge in [-0.25, -0.2) is 0 Å². The van der Waals surface area contributed by atoms with Crippen molar-refractivity contribution in [3.05, 3.63) is 63.3 Å². The third-order valence-corrected chi connectivity index (χ3v) is 4.57. The Morgan fingerprint density at radius 3 is 2.64 bits per heavy atom. The van der Waals surface area contributed by atoms with Crippen molar-refractivity contribution in [1.82, 2.24) is 9.55 Å². The van der Waals surface area contributed by atoms with E-state index in [1.54, 1.807) is 25.5 Å². The van der Waals surface area contributed by atoms with Crippen LogP contribution in [0, 0.1) is 0 Å². The van der Waals surface area contributed by atoms with Gasteiger partial charge in [-0.05, 0) is 67.9 Å². The molecule has 0 fully saturated rings. The van der Waals surface area contributed by atoms with Crippen molar-refractivity contribution in [3.63, 3.8) is 0 Å². The summed E-state index contributed by atoms with van der Waals surface area (Å²) in [5, 5.41) is 10.4.